The molecule has 2 aromatic rings. The highest BCUT2D eigenvalue weighted by atomic mass is 79.9. The molecule has 0 aliphatic heterocycles. The number of rotatable bonds is 2. The molecule has 1 heterocycles. The van der Waals surface area contributed by atoms with E-state index >= 15 is 0 Å². The van der Waals surface area contributed by atoms with Gasteiger partial charge in [0.15, 0.2) is 23.3 Å². The molecule has 0 saturated carbocycles. The number of hydrogen-bond donors (Lipinski definition) is 1. The lowest BCUT2D eigenvalue weighted by Crippen LogP contribution is -1.99. The Morgan fingerprint density at radius 1 is 1.17 bits per heavy atom. The van der Waals surface area contributed by atoms with Gasteiger partial charge in [0.2, 0.25) is 0 Å². The summed E-state index contributed by atoms with van der Waals surface area (Å²) in [5.41, 5.74) is 0.0652. The first-order valence-corrected chi connectivity index (χ1v) is 5.67. The highest BCUT2D eigenvalue weighted by molar-refractivity contribution is 9.10. The lowest BCUT2D eigenvalue weighted by atomic mass is 10.2. The van der Waals surface area contributed by atoms with Crippen LogP contribution in [0.2, 0.25) is 0 Å². The van der Waals surface area contributed by atoms with Crippen LogP contribution in [-0.4, -0.2) is 17.0 Å². The molecule has 0 saturated heterocycles. The largest absolute Gasteiger partial charge is 0.372 e. The Bertz CT molecular complexity index is 581. The quantitative estimate of drug-likeness (QED) is 0.863. The van der Waals surface area contributed by atoms with Gasteiger partial charge in [0, 0.05) is 18.8 Å². The Kier molecular flexibility index (Phi) is 3.51. The number of halogens is 4. The normalized spacial score (nSPS) is 10.5. The van der Waals surface area contributed by atoms with Gasteiger partial charge in [-0.05, 0) is 28.1 Å². The second kappa shape index (κ2) is 4.93. The molecule has 1 aromatic carbocycles. The summed E-state index contributed by atoms with van der Waals surface area (Å²) in [6.07, 6.45) is 1.44. The van der Waals surface area contributed by atoms with Crippen molar-refractivity contribution in [2.75, 3.05) is 12.4 Å². The fourth-order valence-electron chi connectivity index (χ4n) is 1.37. The van der Waals surface area contributed by atoms with E-state index in [9.17, 15) is 13.2 Å². The molecular formula is C11H7BrF3N3. The van der Waals surface area contributed by atoms with Gasteiger partial charge in [-0.1, -0.05) is 0 Å². The third kappa shape index (κ3) is 2.31. The van der Waals surface area contributed by atoms with Gasteiger partial charge < -0.3 is 5.32 Å². The van der Waals surface area contributed by atoms with Gasteiger partial charge in [-0.3, -0.25) is 0 Å². The second-order valence-electron chi connectivity index (χ2n) is 3.39. The zero-order valence-electron chi connectivity index (χ0n) is 9.14. The zero-order valence-corrected chi connectivity index (χ0v) is 10.7. The van der Waals surface area contributed by atoms with Crippen LogP contribution in [0.5, 0.6) is 0 Å². The van der Waals surface area contributed by atoms with Crippen molar-refractivity contribution in [3.05, 3.63) is 40.3 Å². The van der Waals surface area contributed by atoms with Crippen molar-refractivity contribution in [1.29, 1.82) is 0 Å². The van der Waals surface area contributed by atoms with E-state index < -0.39 is 17.5 Å². The van der Waals surface area contributed by atoms with Crippen LogP contribution < -0.4 is 5.32 Å². The number of hydrogen-bond acceptors (Lipinski definition) is 3. The molecule has 1 N–H and O–H groups in total. The minimum Gasteiger partial charge on any atom is -0.372 e. The smallest absolute Gasteiger partial charge is 0.194 e. The van der Waals surface area contributed by atoms with Crippen molar-refractivity contribution in [3.63, 3.8) is 0 Å². The Labute approximate surface area is 109 Å². The van der Waals surface area contributed by atoms with E-state index in [1.807, 2.05) is 0 Å². The zero-order chi connectivity index (χ0) is 13.3. The maximum atomic E-state index is 13.1. The highest BCUT2D eigenvalue weighted by Gasteiger charge is 2.14. The van der Waals surface area contributed by atoms with Gasteiger partial charge in [0.05, 0.1) is 4.47 Å². The van der Waals surface area contributed by atoms with Gasteiger partial charge in [0.1, 0.15) is 5.82 Å². The van der Waals surface area contributed by atoms with E-state index in [0.29, 0.717) is 10.3 Å². The summed E-state index contributed by atoms with van der Waals surface area (Å²) in [6, 6.07) is 1.70. The summed E-state index contributed by atoms with van der Waals surface area (Å²) >= 11 is 3.21. The molecule has 1 aromatic heterocycles. The average molecular weight is 318 g/mol. The predicted molar refractivity (Wildman–Crippen MR) is 64.6 cm³/mol. The van der Waals surface area contributed by atoms with Gasteiger partial charge in [-0.25, -0.2) is 23.1 Å². The standard InChI is InChI=1S/C11H7BrF3N3/c1-16-11-6(12)4-17-10(18-11)5-2-7(13)9(15)8(14)3-5/h2-4H,1H3,(H,16,17,18). The summed E-state index contributed by atoms with van der Waals surface area (Å²) in [7, 11) is 1.64. The van der Waals surface area contributed by atoms with E-state index in [4.69, 9.17) is 0 Å². The van der Waals surface area contributed by atoms with E-state index in [0.717, 1.165) is 12.1 Å². The van der Waals surface area contributed by atoms with Crippen molar-refractivity contribution in [2.45, 2.75) is 0 Å². The molecule has 0 fully saturated rings. The van der Waals surface area contributed by atoms with E-state index in [2.05, 4.69) is 31.2 Å². The van der Waals surface area contributed by atoms with Crippen LogP contribution in [0.15, 0.2) is 22.8 Å². The number of benzene rings is 1. The third-order valence-corrected chi connectivity index (χ3v) is 2.80. The summed E-state index contributed by atoms with van der Waals surface area (Å²) in [5.74, 6) is -3.50. The second-order valence-corrected chi connectivity index (χ2v) is 4.25. The number of anilines is 1. The van der Waals surface area contributed by atoms with Crippen LogP contribution in [0.4, 0.5) is 19.0 Å². The van der Waals surface area contributed by atoms with Crippen molar-refractivity contribution in [1.82, 2.24) is 9.97 Å². The van der Waals surface area contributed by atoms with E-state index in [1.165, 1.54) is 6.20 Å². The maximum absolute atomic E-state index is 13.1. The summed E-state index contributed by atoms with van der Waals surface area (Å²) < 4.78 is 39.6. The Hall–Kier alpha value is -1.63. The Morgan fingerprint density at radius 2 is 1.78 bits per heavy atom. The SMILES string of the molecule is CNc1nc(-c2cc(F)c(F)c(F)c2)ncc1Br. The molecule has 0 aliphatic rings. The molecule has 0 amide bonds. The lowest BCUT2D eigenvalue weighted by Gasteiger charge is -2.06. The molecule has 7 heteroatoms. The van der Waals surface area contributed by atoms with Gasteiger partial charge in [0.25, 0.3) is 0 Å². The van der Waals surface area contributed by atoms with Crippen LogP contribution in [0, 0.1) is 17.5 Å². The number of nitrogens with zero attached hydrogens (tertiary/aromatic N) is 2. The third-order valence-electron chi connectivity index (χ3n) is 2.22. The lowest BCUT2D eigenvalue weighted by molar-refractivity contribution is 0.447. The monoisotopic (exact) mass is 317 g/mol. The maximum Gasteiger partial charge on any atom is 0.194 e. The number of aromatic nitrogens is 2. The highest BCUT2D eigenvalue weighted by Crippen LogP contribution is 2.25. The Morgan fingerprint density at radius 3 is 2.33 bits per heavy atom. The Balaban J connectivity index is 2.55. The van der Waals surface area contributed by atoms with Gasteiger partial charge in [-0.2, -0.15) is 0 Å². The molecule has 0 atom stereocenters. The van der Waals surface area contributed by atoms with Crippen LogP contribution in [0.3, 0.4) is 0 Å². The van der Waals surface area contributed by atoms with Crippen molar-refractivity contribution in [3.8, 4) is 11.4 Å². The topological polar surface area (TPSA) is 37.8 Å². The molecule has 0 unspecified atom stereocenters. The first kappa shape index (κ1) is 12.8. The minimum absolute atomic E-state index is 0.0652. The molecule has 94 valence electrons. The molecule has 0 bridgehead atoms. The van der Waals surface area contributed by atoms with Crippen LogP contribution in [0.1, 0.15) is 0 Å². The van der Waals surface area contributed by atoms with Crippen LogP contribution in [0.25, 0.3) is 11.4 Å². The van der Waals surface area contributed by atoms with Gasteiger partial charge in [-0.15, -0.1) is 0 Å². The fraction of sp³-hybridized carbons (Fsp3) is 0.0909. The van der Waals surface area contributed by atoms with Crippen molar-refractivity contribution < 1.29 is 13.2 Å². The summed E-state index contributed by atoms with van der Waals surface area (Å²) in [6.45, 7) is 0. The van der Waals surface area contributed by atoms with Crippen molar-refractivity contribution >= 4 is 21.7 Å². The summed E-state index contributed by atoms with van der Waals surface area (Å²) in [4.78, 5) is 7.96. The van der Waals surface area contributed by atoms with E-state index in [-0.39, 0.29) is 11.4 Å². The van der Waals surface area contributed by atoms with Crippen LogP contribution >= 0.6 is 15.9 Å². The minimum atomic E-state index is -1.51. The molecule has 0 aliphatic carbocycles. The number of nitrogens with one attached hydrogen (secondary N) is 1. The van der Waals surface area contributed by atoms with Crippen molar-refractivity contribution in [2.24, 2.45) is 0 Å². The predicted octanol–water partition coefficient (Wildman–Crippen LogP) is 3.37. The molecule has 0 spiro atoms. The first-order valence-electron chi connectivity index (χ1n) is 4.88. The first-order chi connectivity index (χ1) is 8.52. The molecular weight excluding hydrogens is 311 g/mol. The van der Waals surface area contributed by atoms with Gasteiger partial charge >= 0.3 is 0 Å². The molecule has 2 rings (SSSR count). The molecule has 0 radical (unpaired) electrons. The van der Waals surface area contributed by atoms with E-state index in [1.54, 1.807) is 7.05 Å². The molecule has 18 heavy (non-hydrogen) atoms. The fourth-order valence-corrected chi connectivity index (χ4v) is 1.76. The molecule has 3 nitrogen and oxygen atoms in total. The summed E-state index contributed by atoms with van der Waals surface area (Å²) in [5, 5.41) is 2.79. The average Bonchev–Trinajstić information content (AvgIpc) is 2.36. The van der Waals surface area contributed by atoms with Crippen LogP contribution in [-0.2, 0) is 0 Å².